The van der Waals surface area contributed by atoms with E-state index in [1.165, 1.54) is 0 Å². The Balaban J connectivity index is 2.08. The zero-order chi connectivity index (χ0) is 13.4. The number of carbonyl (C=O) groups excluding carboxylic acids is 1. The molecule has 3 N–H and O–H groups in total. The Bertz CT molecular complexity index is 378. The normalized spacial score (nSPS) is 11.8. The number of aryl methyl sites for hydroxylation is 1. The molecule has 0 saturated heterocycles. The van der Waals surface area contributed by atoms with E-state index in [0.29, 0.717) is 6.54 Å². The summed E-state index contributed by atoms with van der Waals surface area (Å²) in [5, 5.41) is 13.8. The van der Waals surface area contributed by atoms with Crippen molar-refractivity contribution in [1.82, 2.24) is 20.2 Å². The van der Waals surface area contributed by atoms with Gasteiger partial charge in [-0.05, 0) is 13.3 Å². The van der Waals surface area contributed by atoms with Gasteiger partial charge in [0.2, 0.25) is 0 Å². The van der Waals surface area contributed by atoms with E-state index < -0.39 is 5.97 Å². The third-order valence-electron chi connectivity index (χ3n) is 2.30. The number of nitrogens with one attached hydrogen (secondary N) is 2. The minimum atomic E-state index is -0.928. The standard InChI is InChI=1S/C11H18N4O3/c1-9(7-10(16)17)14-11(18)13-3-2-5-15-6-4-12-8-15/h4,6,8-9H,2-3,5,7H2,1H3,(H,16,17)(H2,13,14,18). The first kappa shape index (κ1) is 14.0. The minimum Gasteiger partial charge on any atom is -0.481 e. The molecule has 100 valence electrons. The number of hydrogen-bond donors (Lipinski definition) is 3. The highest BCUT2D eigenvalue weighted by Gasteiger charge is 2.09. The molecule has 0 radical (unpaired) electrons. The van der Waals surface area contributed by atoms with E-state index in [1.807, 2.05) is 10.8 Å². The maximum atomic E-state index is 11.4. The van der Waals surface area contributed by atoms with Crippen LogP contribution in [0.2, 0.25) is 0 Å². The zero-order valence-corrected chi connectivity index (χ0v) is 10.3. The van der Waals surface area contributed by atoms with Crippen LogP contribution in [0.15, 0.2) is 18.7 Å². The lowest BCUT2D eigenvalue weighted by atomic mass is 10.2. The molecule has 1 aromatic rings. The van der Waals surface area contributed by atoms with E-state index in [9.17, 15) is 9.59 Å². The number of carboxylic acid groups (broad SMARTS) is 1. The number of imidazole rings is 1. The van der Waals surface area contributed by atoms with Crippen molar-refractivity contribution < 1.29 is 14.7 Å². The third kappa shape index (κ3) is 5.88. The molecule has 1 unspecified atom stereocenters. The van der Waals surface area contributed by atoms with Gasteiger partial charge >= 0.3 is 12.0 Å². The van der Waals surface area contributed by atoms with Crippen molar-refractivity contribution in [3.8, 4) is 0 Å². The van der Waals surface area contributed by atoms with Crippen LogP contribution in [0.1, 0.15) is 19.8 Å². The summed E-state index contributed by atoms with van der Waals surface area (Å²) in [6.07, 6.45) is 5.98. The summed E-state index contributed by atoms with van der Waals surface area (Å²) >= 11 is 0. The lowest BCUT2D eigenvalue weighted by Gasteiger charge is -2.12. The Morgan fingerprint density at radius 2 is 2.28 bits per heavy atom. The van der Waals surface area contributed by atoms with Crippen LogP contribution in [0.3, 0.4) is 0 Å². The quantitative estimate of drug-likeness (QED) is 0.615. The molecule has 18 heavy (non-hydrogen) atoms. The van der Waals surface area contributed by atoms with Gasteiger partial charge in [-0.25, -0.2) is 9.78 Å². The lowest BCUT2D eigenvalue weighted by Crippen LogP contribution is -2.42. The Morgan fingerprint density at radius 3 is 2.89 bits per heavy atom. The number of urea groups is 1. The smallest absolute Gasteiger partial charge is 0.315 e. The van der Waals surface area contributed by atoms with Gasteiger partial charge in [0.05, 0.1) is 12.7 Å². The van der Waals surface area contributed by atoms with Gasteiger partial charge < -0.3 is 20.3 Å². The lowest BCUT2D eigenvalue weighted by molar-refractivity contribution is -0.137. The molecule has 7 nitrogen and oxygen atoms in total. The third-order valence-corrected chi connectivity index (χ3v) is 2.30. The molecule has 2 amide bonds. The van der Waals surface area contributed by atoms with Crippen LogP contribution < -0.4 is 10.6 Å². The van der Waals surface area contributed by atoms with Gasteiger partial charge in [-0.2, -0.15) is 0 Å². The van der Waals surface area contributed by atoms with Crippen molar-refractivity contribution in [2.24, 2.45) is 0 Å². The number of hydrogen-bond acceptors (Lipinski definition) is 3. The summed E-state index contributed by atoms with van der Waals surface area (Å²) in [4.78, 5) is 25.7. The van der Waals surface area contributed by atoms with E-state index in [4.69, 9.17) is 5.11 Å². The van der Waals surface area contributed by atoms with Crippen molar-refractivity contribution in [3.05, 3.63) is 18.7 Å². The van der Waals surface area contributed by atoms with Crippen LogP contribution in [-0.2, 0) is 11.3 Å². The number of carboxylic acids is 1. The van der Waals surface area contributed by atoms with Gasteiger partial charge in [0.25, 0.3) is 0 Å². The average Bonchev–Trinajstić information content (AvgIpc) is 2.75. The Kier molecular flexibility index (Phi) is 5.69. The topological polar surface area (TPSA) is 96.3 Å². The highest BCUT2D eigenvalue weighted by atomic mass is 16.4. The number of carbonyl (C=O) groups is 2. The maximum Gasteiger partial charge on any atom is 0.315 e. The molecule has 0 fully saturated rings. The molecular formula is C11H18N4O3. The van der Waals surface area contributed by atoms with E-state index in [1.54, 1.807) is 19.4 Å². The summed E-state index contributed by atoms with van der Waals surface area (Å²) in [5.74, 6) is -0.928. The highest BCUT2D eigenvalue weighted by molar-refractivity contribution is 5.75. The molecule has 1 heterocycles. The summed E-state index contributed by atoms with van der Waals surface area (Å²) < 4.78 is 1.92. The Hall–Kier alpha value is -2.05. The fourth-order valence-corrected chi connectivity index (χ4v) is 1.47. The highest BCUT2D eigenvalue weighted by Crippen LogP contribution is 1.91. The van der Waals surface area contributed by atoms with Crippen LogP contribution in [0.4, 0.5) is 4.79 Å². The second-order valence-electron chi connectivity index (χ2n) is 4.05. The number of aliphatic carboxylic acids is 1. The van der Waals surface area contributed by atoms with Gasteiger partial charge in [0, 0.05) is 31.5 Å². The molecule has 0 saturated carbocycles. The van der Waals surface area contributed by atoms with Crippen LogP contribution >= 0.6 is 0 Å². The fourth-order valence-electron chi connectivity index (χ4n) is 1.47. The van der Waals surface area contributed by atoms with Gasteiger partial charge in [-0.1, -0.05) is 0 Å². The van der Waals surface area contributed by atoms with Crippen LogP contribution in [0, 0.1) is 0 Å². The van der Waals surface area contributed by atoms with Crippen LogP contribution in [-0.4, -0.2) is 39.2 Å². The van der Waals surface area contributed by atoms with Gasteiger partial charge in [0.15, 0.2) is 0 Å². The maximum absolute atomic E-state index is 11.4. The molecule has 0 bridgehead atoms. The first-order valence-electron chi connectivity index (χ1n) is 5.80. The van der Waals surface area contributed by atoms with Gasteiger partial charge in [0.1, 0.15) is 0 Å². The second kappa shape index (κ2) is 7.31. The predicted octanol–water partition coefficient (Wildman–Crippen LogP) is 0.436. The van der Waals surface area contributed by atoms with E-state index >= 15 is 0 Å². The number of nitrogens with zero attached hydrogens (tertiary/aromatic N) is 2. The minimum absolute atomic E-state index is 0.0809. The van der Waals surface area contributed by atoms with E-state index in [-0.39, 0.29) is 18.5 Å². The van der Waals surface area contributed by atoms with Crippen LogP contribution in [0.5, 0.6) is 0 Å². The van der Waals surface area contributed by atoms with Crippen molar-refractivity contribution in [2.75, 3.05) is 6.54 Å². The molecule has 0 aliphatic rings. The Labute approximate surface area is 105 Å². The molecular weight excluding hydrogens is 236 g/mol. The van der Waals surface area contributed by atoms with E-state index in [2.05, 4.69) is 15.6 Å². The summed E-state index contributed by atoms with van der Waals surface area (Å²) in [6, 6.07) is -0.717. The van der Waals surface area contributed by atoms with Crippen LogP contribution in [0.25, 0.3) is 0 Å². The molecule has 0 aliphatic heterocycles. The van der Waals surface area contributed by atoms with E-state index in [0.717, 1.165) is 13.0 Å². The molecule has 7 heteroatoms. The first-order chi connectivity index (χ1) is 8.58. The number of rotatable bonds is 7. The molecule has 0 aromatic carbocycles. The van der Waals surface area contributed by atoms with Crippen molar-refractivity contribution in [3.63, 3.8) is 0 Å². The largest absolute Gasteiger partial charge is 0.481 e. The molecule has 0 spiro atoms. The van der Waals surface area contributed by atoms with Gasteiger partial charge in [-0.15, -0.1) is 0 Å². The fraction of sp³-hybridized carbons (Fsp3) is 0.545. The Morgan fingerprint density at radius 1 is 1.50 bits per heavy atom. The van der Waals surface area contributed by atoms with Crippen molar-refractivity contribution in [2.45, 2.75) is 32.4 Å². The first-order valence-corrected chi connectivity index (χ1v) is 5.80. The number of aromatic nitrogens is 2. The van der Waals surface area contributed by atoms with Gasteiger partial charge in [-0.3, -0.25) is 4.79 Å². The van der Waals surface area contributed by atoms with Crippen molar-refractivity contribution in [1.29, 1.82) is 0 Å². The summed E-state index contributed by atoms with van der Waals surface area (Å²) in [6.45, 7) is 2.97. The average molecular weight is 254 g/mol. The SMILES string of the molecule is CC(CC(=O)O)NC(=O)NCCCn1ccnc1. The predicted molar refractivity (Wildman–Crippen MR) is 65.1 cm³/mol. The molecule has 1 aromatic heterocycles. The zero-order valence-electron chi connectivity index (χ0n) is 10.3. The van der Waals surface area contributed by atoms with Crippen molar-refractivity contribution >= 4 is 12.0 Å². The molecule has 1 atom stereocenters. The summed E-state index contributed by atoms with van der Waals surface area (Å²) in [5.41, 5.74) is 0. The molecule has 1 rings (SSSR count). The monoisotopic (exact) mass is 254 g/mol. The second-order valence-corrected chi connectivity index (χ2v) is 4.05. The number of amides is 2. The molecule has 0 aliphatic carbocycles. The summed E-state index contributed by atoms with van der Waals surface area (Å²) in [7, 11) is 0.